The second-order valence-corrected chi connectivity index (χ2v) is 6.59. The lowest BCUT2D eigenvalue weighted by Crippen LogP contribution is -2.56. The number of rotatable bonds is 2. The zero-order valence-electron chi connectivity index (χ0n) is 13.0. The number of carbonyl (C=O) groups excluding carboxylic acids is 1. The SMILES string of the molecule is O=C(c1ccc(F)cc1)N1N=C(c2cccc(Br)c2)C[C@@]1(O)C(F)(F)F. The molecule has 3 rings (SSSR count). The first-order valence-electron chi connectivity index (χ1n) is 7.34. The molecule has 1 heterocycles. The van der Waals surface area contributed by atoms with Gasteiger partial charge in [-0.1, -0.05) is 28.1 Å². The van der Waals surface area contributed by atoms with Gasteiger partial charge in [0.05, 0.1) is 12.1 Å². The Kier molecular flexibility index (Phi) is 4.61. The van der Waals surface area contributed by atoms with E-state index in [4.69, 9.17) is 0 Å². The maximum absolute atomic E-state index is 13.5. The van der Waals surface area contributed by atoms with Crippen LogP contribution in [0.5, 0.6) is 0 Å². The highest BCUT2D eigenvalue weighted by atomic mass is 79.9. The summed E-state index contributed by atoms with van der Waals surface area (Å²) in [6.45, 7) is 0. The molecule has 1 amide bonds. The average Bonchev–Trinajstić information content (AvgIpc) is 2.94. The van der Waals surface area contributed by atoms with Gasteiger partial charge in [0.25, 0.3) is 11.6 Å². The zero-order valence-corrected chi connectivity index (χ0v) is 14.6. The highest BCUT2D eigenvalue weighted by molar-refractivity contribution is 9.10. The lowest BCUT2D eigenvalue weighted by Gasteiger charge is -2.32. The fraction of sp³-hybridized carbons (Fsp3) is 0.176. The fourth-order valence-corrected chi connectivity index (χ4v) is 2.92. The van der Waals surface area contributed by atoms with Crippen molar-refractivity contribution in [2.24, 2.45) is 5.10 Å². The Balaban J connectivity index is 2.05. The molecule has 4 nitrogen and oxygen atoms in total. The number of halogens is 5. The van der Waals surface area contributed by atoms with E-state index >= 15 is 0 Å². The van der Waals surface area contributed by atoms with Crippen LogP contribution in [0.15, 0.2) is 58.1 Å². The van der Waals surface area contributed by atoms with Crippen LogP contribution in [-0.4, -0.2) is 33.6 Å². The number of nitrogens with zero attached hydrogens (tertiary/aromatic N) is 2. The van der Waals surface area contributed by atoms with Gasteiger partial charge in [0.15, 0.2) is 0 Å². The van der Waals surface area contributed by atoms with E-state index in [9.17, 15) is 27.5 Å². The van der Waals surface area contributed by atoms with Crippen LogP contribution in [0.4, 0.5) is 17.6 Å². The lowest BCUT2D eigenvalue weighted by molar-refractivity contribution is -0.297. The largest absolute Gasteiger partial charge is 0.438 e. The van der Waals surface area contributed by atoms with Crippen LogP contribution in [-0.2, 0) is 0 Å². The molecule has 1 N–H and O–H groups in total. The Hall–Kier alpha value is -2.26. The molecule has 1 aliphatic heterocycles. The summed E-state index contributed by atoms with van der Waals surface area (Å²) >= 11 is 3.21. The Morgan fingerprint density at radius 3 is 2.42 bits per heavy atom. The minimum Gasteiger partial charge on any atom is -0.362 e. The van der Waals surface area contributed by atoms with Gasteiger partial charge in [0.1, 0.15) is 5.82 Å². The number of aliphatic hydroxyl groups is 1. The van der Waals surface area contributed by atoms with Gasteiger partial charge in [-0.25, -0.2) is 4.39 Å². The molecule has 26 heavy (non-hydrogen) atoms. The van der Waals surface area contributed by atoms with Crippen molar-refractivity contribution in [1.29, 1.82) is 0 Å². The van der Waals surface area contributed by atoms with E-state index in [1.807, 2.05) is 0 Å². The van der Waals surface area contributed by atoms with E-state index in [0.29, 0.717) is 10.0 Å². The van der Waals surface area contributed by atoms with E-state index in [0.717, 1.165) is 24.3 Å². The molecule has 0 saturated carbocycles. The molecule has 0 aromatic heterocycles. The third kappa shape index (κ3) is 3.24. The normalized spacial score (nSPS) is 20.2. The second-order valence-electron chi connectivity index (χ2n) is 5.67. The summed E-state index contributed by atoms with van der Waals surface area (Å²) in [5, 5.41) is 14.0. The summed E-state index contributed by atoms with van der Waals surface area (Å²) in [4.78, 5) is 12.5. The number of amides is 1. The fourth-order valence-electron chi connectivity index (χ4n) is 2.52. The molecule has 0 aliphatic carbocycles. The topological polar surface area (TPSA) is 52.9 Å². The molecule has 2 aromatic carbocycles. The molecule has 0 saturated heterocycles. The highest BCUT2D eigenvalue weighted by Gasteiger charge is 2.63. The maximum atomic E-state index is 13.5. The van der Waals surface area contributed by atoms with Crippen LogP contribution in [0.3, 0.4) is 0 Å². The standard InChI is InChI=1S/C17H11BrF4N2O2/c18-12-3-1-2-11(8-12)14-9-16(26,17(20,21)22)24(23-14)15(25)10-4-6-13(19)7-5-10/h1-8,26H,9H2/t16-/m1/s1. The zero-order chi connectivity index (χ0) is 19.1. The number of benzene rings is 2. The molecule has 0 spiro atoms. The van der Waals surface area contributed by atoms with Gasteiger partial charge in [0.2, 0.25) is 0 Å². The molecule has 9 heteroatoms. The molecule has 2 aromatic rings. The van der Waals surface area contributed by atoms with Crippen molar-refractivity contribution in [3.63, 3.8) is 0 Å². The third-order valence-corrected chi connectivity index (χ3v) is 4.37. The highest BCUT2D eigenvalue weighted by Crippen LogP contribution is 2.42. The Morgan fingerprint density at radius 1 is 1.19 bits per heavy atom. The van der Waals surface area contributed by atoms with Gasteiger partial charge in [-0.05, 0) is 42.0 Å². The minimum absolute atomic E-state index is 0.0104. The summed E-state index contributed by atoms with van der Waals surface area (Å²) < 4.78 is 54.2. The Morgan fingerprint density at radius 2 is 1.85 bits per heavy atom. The molecular weight excluding hydrogens is 420 g/mol. The van der Waals surface area contributed by atoms with Crippen LogP contribution in [0.1, 0.15) is 22.3 Å². The number of carbonyl (C=O) groups is 1. The number of hydrogen-bond donors (Lipinski definition) is 1. The summed E-state index contributed by atoms with van der Waals surface area (Å²) in [6.07, 6.45) is -6.06. The molecular formula is C17H11BrF4N2O2. The predicted molar refractivity (Wildman–Crippen MR) is 88.9 cm³/mol. The molecule has 0 radical (unpaired) electrons. The maximum Gasteiger partial charge on any atom is 0.438 e. The monoisotopic (exact) mass is 430 g/mol. The van der Waals surface area contributed by atoms with Crippen molar-refractivity contribution in [3.05, 3.63) is 69.9 Å². The van der Waals surface area contributed by atoms with Crippen molar-refractivity contribution < 1.29 is 27.5 Å². The molecule has 0 fully saturated rings. The van der Waals surface area contributed by atoms with Crippen molar-refractivity contribution >= 4 is 27.5 Å². The first-order chi connectivity index (χ1) is 12.1. The van der Waals surface area contributed by atoms with Gasteiger partial charge >= 0.3 is 6.18 Å². The van der Waals surface area contributed by atoms with Gasteiger partial charge in [0, 0.05) is 10.0 Å². The minimum atomic E-state index is -5.14. The third-order valence-electron chi connectivity index (χ3n) is 3.88. The average molecular weight is 431 g/mol. The van der Waals surface area contributed by atoms with Crippen molar-refractivity contribution in [3.8, 4) is 0 Å². The summed E-state index contributed by atoms with van der Waals surface area (Å²) in [7, 11) is 0. The van der Waals surface area contributed by atoms with Gasteiger partial charge in [-0.3, -0.25) is 4.79 Å². The summed E-state index contributed by atoms with van der Waals surface area (Å²) in [5.41, 5.74) is -3.48. The van der Waals surface area contributed by atoms with E-state index in [1.54, 1.807) is 12.1 Å². The van der Waals surface area contributed by atoms with Gasteiger partial charge in [-0.15, -0.1) is 0 Å². The summed E-state index contributed by atoms with van der Waals surface area (Å²) in [6, 6.07) is 10.3. The molecule has 136 valence electrons. The Labute approximate surface area is 153 Å². The van der Waals surface area contributed by atoms with Crippen molar-refractivity contribution in [1.82, 2.24) is 5.01 Å². The van der Waals surface area contributed by atoms with Crippen molar-refractivity contribution in [2.75, 3.05) is 0 Å². The second kappa shape index (κ2) is 6.48. The number of alkyl halides is 3. The molecule has 1 aliphatic rings. The van der Waals surface area contributed by atoms with Crippen LogP contribution in [0, 0.1) is 5.82 Å². The van der Waals surface area contributed by atoms with Gasteiger partial charge in [-0.2, -0.15) is 23.3 Å². The van der Waals surface area contributed by atoms with Crippen LogP contribution in [0.2, 0.25) is 0 Å². The number of hydrogen-bond acceptors (Lipinski definition) is 3. The Bertz CT molecular complexity index is 883. The van der Waals surface area contributed by atoms with Crippen LogP contribution in [0.25, 0.3) is 0 Å². The molecule has 1 atom stereocenters. The molecule has 0 unspecified atom stereocenters. The predicted octanol–water partition coefficient (Wildman–Crippen LogP) is 4.09. The quantitative estimate of drug-likeness (QED) is 0.729. The van der Waals surface area contributed by atoms with Crippen LogP contribution >= 0.6 is 15.9 Å². The lowest BCUT2D eigenvalue weighted by atomic mass is 10.0. The van der Waals surface area contributed by atoms with Crippen LogP contribution < -0.4 is 0 Å². The molecule has 0 bridgehead atoms. The van der Waals surface area contributed by atoms with Crippen molar-refractivity contribution in [2.45, 2.75) is 18.3 Å². The van der Waals surface area contributed by atoms with E-state index < -0.39 is 30.0 Å². The first kappa shape index (κ1) is 18.5. The van der Waals surface area contributed by atoms with E-state index in [2.05, 4.69) is 21.0 Å². The van der Waals surface area contributed by atoms with E-state index in [1.165, 1.54) is 12.1 Å². The number of hydrazone groups is 1. The summed E-state index contributed by atoms with van der Waals surface area (Å²) in [5.74, 6) is -1.83. The van der Waals surface area contributed by atoms with E-state index in [-0.39, 0.29) is 16.3 Å². The smallest absolute Gasteiger partial charge is 0.362 e. The van der Waals surface area contributed by atoms with Gasteiger partial charge < -0.3 is 5.11 Å². The first-order valence-corrected chi connectivity index (χ1v) is 8.14.